The second-order valence-corrected chi connectivity index (χ2v) is 7.39. The van der Waals surface area contributed by atoms with E-state index in [0.717, 1.165) is 11.0 Å². The zero-order chi connectivity index (χ0) is 17.6. The standard InChI is InChI=1S/C17H17ClFNO3S/c1-20(11-12-23-17-8-6-16(19)7-9-17)24(21,22)13-10-14-2-4-15(18)5-3-14/h2-10,13H,11-12H2,1H3/b13-10+. The molecule has 0 saturated heterocycles. The molecular formula is C17H17ClFNO3S. The maximum atomic E-state index is 12.8. The average Bonchev–Trinajstić information content (AvgIpc) is 2.56. The molecule has 4 nitrogen and oxygen atoms in total. The molecule has 0 amide bonds. The van der Waals surface area contributed by atoms with Gasteiger partial charge in [0.15, 0.2) is 0 Å². The topological polar surface area (TPSA) is 46.6 Å². The fourth-order valence-corrected chi connectivity index (χ4v) is 2.78. The molecule has 128 valence electrons. The summed E-state index contributed by atoms with van der Waals surface area (Å²) < 4.78 is 43.7. The van der Waals surface area contributed by atoms with Gasteiger partial charge in [0.1, 0.15) is 18.2 Å². The molecule has 0 heterocycles. The van der Waals surface area contributed by atoms with Crippen LogP contribution in [0.5, 0.6) is 5.75 Å². The molecule has 0 aromatic heterocycles. The van der Waals surface area contributed by atoms with Crippen LogP contribution in [0, 0.1) is 5.82 Å². The minimum Gasteiger partial charge on any atom is -0.492 e. The number of sulfonamides is 1. The molecule has 0 bridgehead atoms. The van der Waals surface area contributed by atoms with E-state index in [4.69, 9.17) is 16.3 Å². The summed E-state index contributed by atoms with van der Waals surface area (Å²) in [6.45, 7) is 0.334. The molecule has 0 spiro atoms. The maximum Gasteiger partial charge on any atom is 0.236 e. The van der Waals surface area contributed by atoms with Crippen molar-refractivity contribution in [2.24, 2.45) is 0 Å². The molecule has 2 aromatic rings. The van der Waals surface area contributed by atoms with Gasteiger partial charge in [-0.15, -0.1) is 0 Å². The van der Waals surface area contributed by atoms with Gasteiger partial charge in [0.2, 0.25) is 10.0 Å². The van der Waals surface area contributed by atoms with Crippen molar-refractivity contribution in [3.8, 4) is 5.75 Å². The molecule has 24 heavy (non-hydrogen) atoms. The molecule has 0 atom stereocenters. The van der Waals surface area contributed by atoms with Gasteiger partial charge in [-0.25, -0.2) is 12.8 Å². The lowest BCUT2D eigenvalue weighted by Crippen LogP contribution is -2.29. The smallest absolute Gasteiger partial charge is 0.236 e. The Morgan fingerprint density at radius 1 is 1.12 bits per heavy atom. The number of hydrogen-bond acceptors (Lipinski definition) is 3. The van der Waals surface area contributed by atoms with Crippen LogP contribution in [0.2, 0.25) is 5.02 Å². The second-order valence-electron chi connectivity index (χ2n) is 5.02. The van der Waals surface area contributed by atoms with Crippen LogP contribution < -0.4 is 4.74 Å². The third-order valence-electron chi connectivity index (χ3n) is 3.23. The lowest BCUT2D eigenvalue weighted by molar-refractivity contribution is 0.287. The number of likely N-dealkylation sites (N-methyl/N-ethyl adjacent to an activating group) is 1. The molecule has 2 aromatic carbocycles. The summed E-state index contributed by atoms with van der Waals surface area (Å²) in [5, 5.41) is 1.72. The first-order chi connectivity index (χ1) is 11.4. The van der Waals surface area contributed by atoms with Gasteiger partial charge in [0, 0.05) is 24.0 Å². The van der Waals surface area contributed by atoms with E-state index < -0.39 is 10.0 Å². The fraction of sp³-hybridized carbons (Fsp3) is 0.176. The number of halogens is 2. The minimum atomic E-state index is -3.55. The maximum absolute atomic E-state index is 12.8. The number of nitrogens with zero attached hydrogens (tertiary/aromatic N) is 1. The summed E-state index contributed by atoms with van der Waals surface area (Å²) in [6.07, 6.45) is 1.50. The van der Waals surface area contributed by atoms with Crippen molar-refractivity contribution < 1.29 is 17.5 Å². The highest BCUT2D eigenvalue weighted by molar-refractivity contribution is 7.92. The third kappa shape index (κ3) is 5.63. The Kier molecular flexibility index (Phi) is 6.36. The SMILES string of the molecule is CN(CCOc1ccc(F)cc1)S(=O)(=O)/C=C/c1ccc(Cl)cc1. The summed E-state index contributed by atoms with van der Waals surface area (Å²) >= 11 is 5.78. The number of benzene rings is 2. The monoisotopic (exact) mass is 369 g/mol. The van der Waals surface area contributed by atoms with Gasteiger partial charge in [-0.2, -0.15) is 4.31 Å². The lowest BCUT2D eigenvalue weighted by Gasteiger charge is -2.15. The fourth-order valence-electron chi connectivity index (χ4n) is 1.79. The average molecular weight is 370 g/mol. The first-order valence-corrected chi connectivity index (χ1v) is 9.03. The Labute approximate surface area is 146 Å². The molecular weight excluding hydrogens is 353 g/mol. The predicted octanol–water partition coefficient (Wildman–Crippen LogP) is 3.79. The van der Waals surface area contributed by atoms with Crippen molar-refractivity contribution in [2.75, 3.05) is 20.2 Å². The van der Waals surface area contributed by atoms with Crippen LogP contribution in [0.4, 0.5) is 4.39 Å². The van der Waals surface area contributed by atoms with E-state index in [9.17, 15) is 12.8 Å². The Morgan fingerprint density at radius 3 is 2.38 bits per heavy atom. The summed E-state index contributed by atoms with van der Waals surface area (Å²) in [5.41, 5.74) is 0.735. The van der Waals surface area contributed by atoms with Crippen LogP contribution in [0.15, 0.2) is 53.9 Å². The highest BCUT2D eigenvalue weighted by atomic mass is 35.5. The Hall–Kier alpha value is -1.89. The Morgan fingerprint density at radius 2 is 1.75 bits per heavy atom. The molecule has 0 radical (unpaired) electrons. The van der Waals surface area contributed by atoms with E-state index >= 15 is 0 Å². The first-order valence-electron chi connectivity index (χ1n) is 7.15. The van der Waals surface area contributed by atoms with Gasteiger partial charge >= 0.3 is 0 Å². The summed E-state index contributed by atoms with van der Waals surface area (Å²) in [4.78, 5) is 0. The highest BCUT2D eigenvalue weighted by Gasteiger charge is 2.13. The largest absolute Gasteiger partial charge is 0.492 e. The van der Waals surface area contributed by atoms with Gasteiger partial charge in [0.05, 0.1) is 0 Å². The van der Waals surface area contributed by atoms with Crippen molar-refractivity contribution in [3.63, 3.8) is 0 Å². The lowest BCUT2D eigenvalue weighted by atomic mass is 10.2. The van der Waals surface area contributed by atoms with E-state index in [0.29, 0.717) is 10.8 Å². The van der Waals surface area contributed by atoms with Gasteiger partial charge in [-0.3, -0.25) is 0 Å². The summed E-state index contributed by atoms with van der Waals surface area (Å²) in [5.74, 6) is 0.133. The Bertz CT molecular complexity index is 790. The molecule has 0 unspecified atom stereocenters. The molecule has 0 fully saturated rings. The van der Waals surface area contributed by atoms with Gasteiger partial charge in [-0.1, -0.05) is 23.7 Å². The molecule has 0 aliphatic rings. The molecule has 0 aliphatic carbocycles. The molecule has 2 rings (SSSR count). The van der Waals surface area contributed by atoms with Crippen molar-refractivity contribution in [3.05, 3.63) is 70.3 Å². The van der Waals surface area contributed by atoms with Crippen LogP contribution in [-0.4, -0.2) is 32.9 Å². The van der Waals surface area contributed by atoms with Gasteiger partial charge in [0.25, 0.3) is 0 Å². The van der Waals surface area contributed by atoms with Crippen LogP contribution >= 0.6 is 11.6 Å². The normalized spacial score (nSPS) is 12.0. The molecule has 0 N–H and O–H groups in total. The first kappa shape index (κ1) is 18.4. The molecule has 0 saturated carbocycles. The van der Waals surface area contributed by atoms with E-state index in [1.165, 1.54) is 41.7 Å². The second kappa shape index (κ2) is 8.28. The van der Waals surface area contributed by atoms with Crippen LogP contribution in [0.3, 0.4) is 0 Å². The van der Waals surface area contributed by atoms with Crippen molar-refractivity contribution in [2.45, 2.75) is 0 Å². The highest BCUT2D eigenvalue weighted by Crippen LogP contribution is 2.13. The number of rotatable bonds is 7. The predicted molar refractivity (Wildman–Crippen MR) is 93.9 cm³/mol. The van der Waals surface area contributed by atoms with E-state index in [1.807, 2.05) is 0 Å². The zero-order valence-electron chi connectivity index (χ0n) is 13.0. The zero-order valence-corrected chi connectivity index (χ0v) is 14.6. The van der Waals surface area contributed by atoms with E-state index in [2.05, 4.69) is 0 Å². The molecule has 7 heteroatoms. The van der Waals surface area contributed by atoms with Crippen molar-refractivity contribution >= 4 is 27.7 Å². The van der Waals surface area contributed by atoms with Crippen molar-refractivity contribution in [1.29, 1.82) is 0 Å². The quantitative estimate of drug-likeness (QED) is 0.746. The van der Waals surface area contributed by atoms with Crippen molar-refractivity contribution in [1.82, 2.24) is 4.31 Å². The Balaban J connectivity index is 1.88. The number of ether oxygens (including phenoxy) is 1. The summed E-state index contributed by atoms with van der Waals surface area (Å²) in [7, 11) is -2.08. The van der Waals surface area contributed by atoms with Gasteiger partial charge < -0.3 is 4.74 Å². The molecule has 0 aliphatic heterocycles. The number of hydrogen-bond donors (Lipinski definition) is 0. The summed E-state index contributed by atoms with van der Waals surface area (Å²) in [6, 6.07) is 12.4. The van der Waals surface area contributed by atoms with E-state index in [1.54, 1.807) is 24.3 Å². The third-order valence-corrected chi connectivity index (χ3v) is 5.01. The van der Waals surface area contributed by atoms with Crippen LogP contribution in [0.1, 0.15) is 5.56 Å². The van der Waals surface area contributed by atoms with Crippen LogP contribution in [0.25, 0.3) is 6.08 Å². The van der Waals surface area contributed by atoms with E-state index in [-0.39, 0.29) is 19.0 Å². The minimum absolute atomic E-state index is 0.163. The van der Waals surface area contributed by atoms with Gasteiger partial charge in [-0.05, 0) is 48.0 Å². The van der Waals surface area contributed by atoms with Crippen LogP contribution in [-0.2, 0) is 10.0 Å².